The Kier molecular flexibility index (Phi) is 6.56. The largest absolute Gasteiger partial charge is 0.383 e. The second-order valence-corrected chi connectivity index (χ2v) is 3.89. The first-order valence-corrected chi connectivity index (χ1v) is 5.81. The van der Waals surface area contributed by atoms with Crippen LogP contribution in [0.4, 0.5) is 0 Å². The van der Waals surface area contributed by atoms with Crippen LogP contribution in [-0.4, -0.2) is 61.3 Å². The summed E-state index contributed by atoms with van der Waals surface area (Å²) >= 11 is 5.62. The van der Waals surface area contributed by atoms with E-state index in [0.29, 0.717) is 26.3 Å². The molecule has 0 fully saturated rings. The van der Waals surface area contributed by atoms with Gasteiger partial charge < -0.3 is 14.4 Å². The molecule has 0 aromatic carbocycles. The molecule has 1 rings (SSSR count). The molecule has 7 heteroatoms. The van der Waals surface area contributed by atoms with E-state index >= 15 is 0 Å². The van der Waals surface area contributed by atoms with Gasteiger partial charge in [0.1, 0.15) is 10.8 Å². The molecule has 1 amide bonds. The lowest BCUT2D eigenvalue weighted by Crippen LogP contribution is -2.37. The van der Waals surface area contributed by atoms with Gasteiger partial charge in [0.25, 0.3) is 5.91 Å². The highest BCUT2D eigenvalue weighted by Crippen LogP contribution is 2.04. The lowest BCUT2D eigenvalue weighted by atomic mass is 10.3. The molecule has 0 saturated heterocycles. The van der Waals surface area contributed by atoms with Crippen LogP contribution in [0.25, 0.3) is 0 Å². The summed E-state index contributed by atoms with van der Waals surface area (Å²) in [5, 5.41) is 0.256. The predicted octanol–water partition coefficient (Wildman–Crippen LogP) is 0.865. The Morgan fingerprint density at radius 3 is 2.28 bits per heavy atom. The molecule has 0 radical (unpaired) electrons. The summed E-state index contributed by atoms with van der Waals surface area (Å²) in [6.45, 7) is 1.86. The van der Waals surface area contributed by atoms with E-state index in [1.807, 2.05) is 0 Å². The van der Waals surface area contributed by atoms with E-state index < -0.39 is 0 Å². The number of hydrogen-bond acceptors (Lipinski definition) is 5. The highest BCUT2D eigenvalue weighted by atomic mass is 35.5. The molecule has 0 aliphatic carbocycles. The van der Waals surface area contributed by atoms with Gasteiger partial charge in [0, 0.05) is 27.3 Å². The molecule has 0 aliphatic rings. The van der Waals surface area contributed by atoms with E-state index in [9.17, 15) is 4.79 Å². The van der Waals surface area contributed by atoms with Crippen LogP contribution >= 0.6 is 11.6 Å². The molecule has 0 N–H and O–H groups in total. The molecule has 1 heterocycles. The predicted molar refractivity (Wildman–Crippen MR) is 66.7 cm³/mol. The maximum Gasteiger partial charge on any atom is 0.274 e. The fraction of sp³-hybridized carbons (Fsp3) is 0.545. The van der Waals surface area contributed by atoms with Crippen LogP contribution in [0.2, 0.25) is 5.15 Å². The zero-order valence-electron chi connectivity index (χ0n) is 10.4. The van der Waals surface area contributed by atoms with Gasteiger partial charge in [-0.2, -0.15) is 0 Å². The van der Waals surface area contributed by atoms with Gasteiger partial charge in [0.05, 0.1) is 25.6 Å². The van der Waals surface area contributed by atoms with Crippen LogP contribution in [0, 0.1) is 0 Å². The SMILES string of the molecule is COCCN(CCOC)C(=O)c1cnc(Cl)cn1. The van der Waals surface area contributed by atoms with E-state index in [0.717, 1.165) is 0 Å². The van der Waals surface area contributed by atoms with Crippen LogP contribution in [0.15, 0.2) is 12.4 Å². The Morgan fingerprint density at radius 2 is 1.83 bits per heavy atom. The minimum atomic E-state index is -0.215. The fourth-order valence-corrected chi connectivity index (χ4v) is 1.40. The van der Waals surface area contributed by atoms with Crippen LogP contribution < -0.4 is 0 Å². The van der Waals surface area contributed by atoms with Crippen LogP contribution in [0.3, 0.4) is 0 Å². The van der Waals surface area contributed by atoms with E-state index in [1.54, 1.807) is 19.1 Å². The van der Waals surface area contributed by atoms with Crippen LogP contribution in [0.5, 0.6) is 0 Å². The van der Waals surface area contributed by atoms with Gasteiger partial charge in [-0.3, -0.25) is 4.79 Å². The Hall–Kier alpha value is -1.24. The summed E-state index contributed by atoms with van der Waals surface area (Å²) in [5.74, 6) is -0.215. The summed E-state index contributed by atoms with van der Waals surface area (Å²) < 4.78 is 9.93. The van der Waals surface area contributed by atoms with Gasteiger partial charge in [-0.1, -0.05) is 11.6 Å². The number of methoxy groups -OCH3 is 2. The lowest BCUT2D eigenvalue weighted by Gasteiger charge is -2.21. The first-order chi connectivity index (χ1) is 8.69. The summed E-state index contributed by atoms with van der Waals surface area (Å²) in [5.41, 5.74) is 0.256. The smallest absolute Gasteiger partial charge is 0.274 e. The van der Waals surface area contributed by atoms with E-state index in [-0.39, 0.29) is 16.8 Å². The molecule has 1 aromatic heterocycles. The molecular formula is C11H16ClN3O3. The zero-order chi connectivity index (χ0) is 13.4. The van der Waals surface area contributed by atoms with Gasteiger partial charge in [0.15, 0.2) is 0 Å². The molecule has 0 unspecified atom stereocenters. The van der Waals surface area contributed by atoms with Gasteiger partial charge in [-0.15, -0.1) is 0 Å². The number of hydrogen-bond donors (Lipinski definition) is 0. The number of carbonyl (C=O) groups excluding carboxylic acids is 1. The number of carbonyl (C=O) groups is 1. The third-order valence-corrected chi connectivity index (χ3v) is 2.45. The molecule has 0 atom stereocenters. The zero-order valence-corrected chi connectivity index (χ0v) is 11.2. The van der Waals surface area contributed by atoms with Crippen molar-refractivity contribution in [1.82, 2.24) is 14.9 Å². The number of amides is 1. The Morgan fingerprint density at radius 1 is 1.22 bits per heavy atom. The number of nitrogens with zero attached hydrogens (tertiary/aromatic N) is 3. The maximum atomic E-state index is 12.1. The minimum absolute atomic E-state index is 0.215. The number of rotatable bonds is 7. The summed E-state index contributed by atoms with van der Waals surface area (Å²) in [6.07, 6.45) is 2.71. The summed E-state index contributed by atoms with van der Waals surface area (Å²) in [4.78, 5) is 21.5. The van der Waals surface area contributed by atoms with Crippen LogP contribution in [-0.2, 0) is 9.47 Å². The molecule has 18 heavy (non-hydrogen) atoms. The lowest BCUT2D eigenvalue weighted by molar-refractivity contribution is 0.0621. The van der Waals surface area contributed by atoms with Gasteiger partial charge in [-0.25, -0.2) is 9.97 Å². The van der Waals surface area contributed by atoms with E-state index in [4.69, 9.17) is 21.1 Å². The molecule has 0 aliphatic heterocycles. The molecule has 0 saturated carbocycles. The number of aromatic nitrogens is 2. The van der Waals surface area contributed by atoms with E-state index in [2.05, 4.69) is 9.97 Å². The van der Waals surface area contributed by atoms with Gasteiger partial charge >= 0.3 is 0 Å². The summed E-state index contributed by atoms with van der Waals surface area (Å²) in [7, 11) is 3.17. The first-order valence-electron chi connectivity index (χ1n) is 5.43. The monoisotopic (exact) mass is 273 g/mol. The average Bonchev–Trinajstić information content (AvgIpc) is 2.39. The number of ether oxygens (including phenoxy) is 2. The van der Waals surface area contributed by atoms with Crippen molar-refractivity contribution in [3.63, 3.8) is 0 Å². The summed E-state index contributed by atoms with van der Waals surface area (Å²) in [6, 6.07) is 0. The van der Waals surface area contributed by atoms with Crippen molar-refractivity contribution in [2.75, 3.05) is 40.5 Å². The van der Waals surface area contributed by atoms with Gasteiger partial charge in [-0.05, 0) is 0 Å². The van der Waals surface area contributed by atoms with Crippen molar-refractivity contribution in [3.05, 3.63) is 23.2 Å². The van der Waals surface area contributed by atoms with E-state index in [1.165, 1.54) is 12.4 Å². The highest BCUT2D eigenvalue weighted by Gasteiger charge is 2.16. The highest BCUT2D eigenvalue weighted by molar-refractivity contribution is 6.29. The van der Waals surface area contributed by atoms with Crippen LogP contribution in [0.1, 0.15) is 10.5 Å². The fourth-order valence-electron chi connectivity index (χ4n) is 1.30. The minimum Gasteiger partial charge on any atom is -0.383 e. The first kappa shape index (κ1) is 14.8. The van der Waals surface area contributed by atoms with Crippen molar-refractivity contribution in [2.24, 2.45) is 0 Å². The molecule has 1 aromatic rings. The topological polar surface area (TPSA) is 64.6 Å². The Labute approximate surface area is 111 Å². The molecule has 6 nitrogen and oxygen atoms in total. The third-order valence-electron chi connectivity index (χ3n) is 2.26. The maximum absolute atomic E-state index is 12.1. The average molecular weight is 274 g/mol. The van der Waals surface area contributed by atoms with Crippen molar-refractivity contribution in [1.29, 1.82) is 0 Å². The second-order valence-electron chi connectivity index (χ2n) is 3.50. The van der Waals surface area contributed by atoms with Crippen molar-refractivity contribution < 1.29 is 14.3 Å². The number of halogens is 1. The standard InChI is InChI=1S/C11H16ClN3O3/c1-17-5-3-15(4-6-18-2)11(16)9-7-14-10(12)8-13-9/h7-8H,3-6H2,1-2H3. The van der Waals surface area contributed by atoms with Crippen molar-refractivity contribution >= 4 is 17.5 Å². The Bertz CT molecular complexity index is 364. The molecule has 100 valence electrons. The molecule has 0 spiro atoms. The third kappa shape index (κ3) is 4.56. The Balaban J connectivity index is 2.70. The van der Waals surface area contributed by atoms with Crippen molar-refractivity contribution in [2.45, 2.75) is 0 Å². The quantitative estimate of drug-likeness (QED) is 0.737. The van der Waals surface area contributed by atoms with Gasteiger partial charge in [0.2, 0.25) is 0 Å². The molecular weight excluding hydrogens is 258 g/mol. The molecule has 0 bridgehead atoms. The second kappa shape index (κ2) is 7.97. The van der Waals surface area contributed by atoms with Crippen molar-refractivity contribution in [3.8, 4) is 0 Å². The normalized spacial score (nSPS) is 10.4.